The second-order valence-corrected chi connectivity index (χ2v) is 5.76. The molecule has 5 heteroatoms. The summed E-state index contributed by atoms with van der Waals surface area (Å²) in [6.07, 6.45) is 0.302. The molecule has 0 saturated heterocycles. The molecule has 1 N–H and O–H groups in total. The molecule has 0 aromatic heterocycles. The van der Waals surface area contributed by atoms with Crippen molar-refractivity contribution < 1.29 is 14.0 Å². The molecule has 0 bridgehead atoms. The van der Waals surface area contributed by atoms with Gasteiger partial charge in [0.15, 0.2) is 5.78 Å². The second-order valence-electron chi connectivity index (χ2n) is 4.74. The van der Waals surface area contributed by atoms with Crippen molar-refractivity contribution in [2.45, 2.75) is 11.3 Å². The van der Waals surface area contributed by atoms with Gasteiger partial charge in [-0.3, -0.25) is 9.59 Å². The number of rotatable bonds is 4. The van der Waals surface area contributed by atoms with Crippen molar-refractivity contribution in [2.75, 3.05) is 11.1 Å². The Labute approximate surface area is 125 Å². The standard InChI is InChI=1S/C16H12FNO2S/c17-12-3-1-2-4-15(12)21-9-14(19)10-5-6-13-11(7-10)8-16(20)18-13/h1-7H,8-9H2,(H,18,20). The summed E-state index contributed by atoms with van der Waals surface area (Å²) in [5.74, 6) is -0.291. The first-order chi connectivity index (χ1) is 10.1. The lowest BCUT2D eigenvalue weighted by Crippen LogP contribution is -2.03. The number of nitrogens with one attached hydrogen (secondary N) is 1. The highest BCUT2D eigenvalue weighted by Gasteiger charge is 2.19. The molecule has 1 amide bonds. The van der Waals surface area contributed by atoms with Crippen LogP contribution in [0.2, 0.25) is 0 Å². The molecule has 0 aliphatic carbocycles. The van der Waals surface area contributed by atoms with Gasteiger partial charge in [-0.25, -0.2) is 4.39 Å². The summed E-state index contributed by atoms with van der Waals surface area (Å²) in [5, 5.41) is 2.72. The van der Waals surface area contributed by atoms with Crippen LogP contribution in [-0.2, 0) is 11.2 Å². The van der Waals surface area contributed by atoms with Crippen molar-refractivity contribution in [3.63, 3.8) is 0 Å². The number of halogens is 1. The van der Waals surface area contributed by atoms with Crippen LogP contribution in [0.1, 0.15) is 15.9 Å². The Morgan fingerprint density at radius 2 is 2.05 bits per heavy atom. The maximum absolute atomic E-state index is 13.5. The largest absolute Gasteiger partial charge is 0.326 e. The van der Waals surface area contributed by atoms with Gasteiger partial charge < -0.3 is 5.32 Å². The van der Waals surface area contributed by atoms with Crippen LogP contribution in [0.25, 0.3) is 0 Å². The number of amides is 1. The Kier molecular flexibility index (Phi) is 3.75. The van der Waals surface area contributed by atoms with E-state index in [4.69, 9.17) is 0 Å². The molecule has 2 aromatic rings. The first-order valence-electron chi connectivity index (χ1n) is 6.47. The van der Waals surface area contributed by atoms with Crippen LogP contribution >= 0.6 is 11.8 Å². The van der Waals surface area contributed by atoms with E-state index in [2.05, 4.69) is 5.32 Å². The number of anilines is 1. The van der Waals surface area contributed by atoms with Gasteiger partial charge in [-0.1, -0.05) is 12.1 Å². The molecule has 0 unspecified atom stereocenters. The van der Waals surface area contributed by atoms with E-state index in [9.17, 15) is 14.0 Å². The Bertz CT molecular complexity index is 730. The molecule has 0 saturated carbocycles. The third kappa shape index (κ3) is 2.97. The van der Waals surface area contributed by atoms with Crippen LogP contribution in [0, 0.1) is 5.82 Å². The first kappa shape index (κ1) is 13.8. The summed E-state index contributed by atoms with van der Waals surface area (Å²) in [7, 11) is 0. The fourth-order valence-electron chi connectivity index (χ4n) is 2.19. The number of benzene rings is 2. The minimum atomic E-state index is -0.320. The average Bonchev–Trinajstić information content (AvgIpc) is 2.85. The quantitative estimate of drug-likeness (QED) is 0.696. The third-order valence-corrected chi connectivity index (χ3v) is 4.30. The van der Waals surface area contributed by atoms with Gasteiger partial charge >= 0.3 is 0 Å². The van der Waals surface area contributed by atoms with Crippen molar-refractivity contribution in [3.8, 4) is 0 Å². The van der Waals surface area contributed by atoms with Gasteiger partial charge in [-0.2, -0.15) is 0 Å². The molecule has 106 valence electrons. The highest BCUT2D eigenvalue weighted by molar-refractivity contribution is 8.00. The molecule has 0 spiro atoms. The number of hydrogen-bond donors (Lipinski definition) is 1. The third-order valence-electron chi connectivity index (χ3n) is 3.25. The van der Waals surface area contributed by atoms with Crippen molar-refractivity contribution >= 4 is 29.1 Å². The second kappa shape index (κ2) is 5.69. The van der Waals surface area contributed by atoms with Crippen LogP contribution in [0.4, 0.5) is 10.1 Å². The highest BCUT2D eigenvalue weighted by atomic mass is 32.2. The van der Waals surface area contributed by atoms with Crippen molar-refractivity contribution in [3.05, 3.63) is 59.4 Å². The average molecular weight is 301 g/mol. The summed E-state index contributed by atoms with van der Waals surface area (Å²) < 4.78 is 13.5. The van der Waals surface area contributed by atoms with E-state index in [1.807, 2.05) is 0 Å². The Hall–Kier alpha value is -2.14. The molecule has 0 fully saturated rings. The number of ketones is 1. The molecule has 1 aliphatic heterocycles. The maximum Gasteiger partial charge on any atom is 0.228 e. The van der Waals surface area contributed by atoms with Gasteiger partial charge in [0.25, 0.3) is 0 Å². The van der Waals surface area contributed by atoms with Gasteiger partial charge in [-0.05, 0) is 35.9 Å². The topological polar surface area (TPSA) is 46.2 Å². The summed E-state index contributed by atoms with van der Waals surface area (Å²) in [6, 6.07) is 11.5. The zero-order chi connectivity index (χ0) is 14.8. The van der Waals surface area contributed by atoms with E-state index < -0.39 is 0 Å². The number of fused-ring (bicyclic) bond motifs is 1. The monoisotopic (exact) mass is 301 g/mol. The number of Topliss-reactive ketones (excluding diaryl/α,β-unsaturated/α-hetero) is 1. The SMILES string of the molecule is O=C1Cc2cc(C(=O)CSc3ccccc3F)ccc2N1. The molecule has 0 atom stereocenters. The van der Waals surface area contributed by atoms with Gasteiger partial charge in [0.2, 0.25) is 5.91 Å². The number of hydrogen-bond acceptors (Lipinski definition) is 3. The zero-order valence-corrected chi connectivity index (χ0v) is 11.9. The molecule has 1 heterocycles. The van der Waals surface area contributed by atoms with E-state index in [1.165, 1.54) is 17.8 Å². The van der Waals surface area contributed by atoms with Crippen molar-refractivity contribution in [2.24, 2.45) is 0 Å². The Morgan fingerprint density at radius 3 is 2.86 bits per heavy atom. The van der Waals surface area contributed by atoms with E-state index in [0.29, 0.717) is 16.9 Å². The van der Waals surface area contributed by atoms with Gasteiger partial charge in [-0.15, -0.1) is 11.8 Å². The molecule has 3 rings (SSSR count). The number of thioether (sulfide) groups is 1. The fraction of sp³-hybridized carbons (Fsp3) is 0.125. The predicted molar refractivity (Wildman–Crippen MR) is 80.2 cm³/mol. The first-order valence-corrected chi connectivity index (χ1v) is 7.45. The molecule has 1 aliphatic rings. The summed E-state index contributed by atoms with van der Waals surface area (Å²) in [4.78, 5) is 23.9. The van der Waals surface area contributed by atoms with Gasteiger partial charge in [0.1, 0.15) is 5.82 Å². The van der Waals surface area contributed by atoms with E-state index in [-0.39, 0.29) is 23.3 Å². The van der Waals surface area contributed by atoms with E-state index in [1.54, 1.807) is 36.4 Å². The molecular weight excluding hydrogens is 289 g/mol. The summed E-state index contributed by atoms with van der Waals surface area (Å²) >= 11 is 1.18. The Balaban J connectivity index is 1.71. The molecular formula is C16H12FNO2S. The normalized spacial score (nSPS) is 12.9. The van der Waals surface area contributed by atoms with E-state index in [0.717, 1.165) is 11.3 Å². The number of carbonyl (C=O) groups is 2. The van der Waals surface area contributed by atoms with Crippen LogP contribution < -0.4 is 5.32 Å². The van der Waals surface area contributed by atoms with Crippen LogP contribution in [-0.4, -0.2) is 17.4 Å². The molecule has 3 nitrogen and oxygen atoms in total. The van der Waals surface area contributed by atoms with Crippen molar-refractivity contribution in [1.29, 1.82) is 0 Å². The maximum atomic E-state index is 13.5. The molecule has 2 aromatic carbocycles. The van der Waals surface area contributed by atoms with E-state index >= 15 is 0 Å². The predicted octanol–water partition coefficient (Wildman–Crippen LogP) is 3.30. The summed E-state index contributed by atoms with van der Waals surface area (Å²) in [5.41, 5.74) is 2.15. The van der Waals surface area contributed by atoms with Gasteiger partial charge in [0.05, 0.1) is 12.2 Å². The number of carbonyl (C=O) groups excluding carboxylic acids is 2. The van der Waals surface area contributed by atoms with Crippen molar-refractivity contribution in [1.82, 2.24) is 0 Å². The fourth-order valence-corrected chi connectivity index (χ4v) is 3.03. The lowest BCUT2D eigenvalue weighted by atomic mass is 10.1. The van der Waals surface area contributed by atoms with Crippen LogP contribution in [0.5, 0.6) is 0 Å². The van der Waals surface area contributed by atoms with Crippen LogP contribution in [0.3, 0.4) is 0 Å². The zero-order valence-electron chi connectivity index (χ0n) is 11.1. The lowest BCUT2D eigenvalue weighted by Gasteiger charge is -2.05. The highest BCUT2D eigenvalue weighted by Crippen LogP contribution is 2.26. The molecule has 0 radical (unpaired) electrons. The smallest absolute Gasteiger partial charge is 0.228 e. The lowest BCUT2D eigenvalue weighted by molar-refractivity contribution is -0.115. The molecule has 21 heavy (non-hydrogen) atoms. The van der Waals surface area contributed by atoms with Crippen LogP contribution in [0.15, 0.2) is 47.4 Å². The Morgan fingerprint density at radius 1 is 1.24 bits per heavy atom. The van der Waals surface area contributed by atoms with Gasteiger partial charge in [0, 0.05) is 16.1 Å². The minimum Gasteiger partial charge on any atom is -0.326 e. The minimum absolute atomic E-state index is 0.0599. The summed E-state index contributed by atoms with van der Waals surface area (Å²) in [6.45, 7) is 0.